The minimum absolute atomic E-state index is 0.00293. The van der Waals surface area contributed by atoms with E-state index in [1.165, 1.54) is 0 Å². The second-order valence-electron chi connectivity index (χ2n) is 7.61. The highest BCUT2D eigenvalue weighted by Gasteiger charge is 2.39. The van der Waals surface area contributed by atoms with Gasteiger partial charge in [0, 0.05) is 41.7 Å². The van der Waals surface area contributed by atoms with Crippen molar-refractivity contribution in [3.63, 3.8) is 0 Å². The zero-order valence-electron chi connectivity index (χ0n) is 17.4. The van der Waals surface area contributed by atoms with Gasteiger partial charge in [-0.05, 0) is 36.1 Å². The van der Waals surface area contributed by atoms with Gasteiger partial charge in [0.05, 0.1) is 21.3 Å². The molecule has 1 amide bonds. The maximum absolute atomic E-state index is 13.3. The molecular formula is C24H25NO5. The van der Waals surface area contributed by atoms with E-state index in [1.807, 2.05) is 36.4 Å². The summed E-state index contributed by atoms with van der Waals surface area (Å²) in [7, 11) is 4.80. The van der Waals surface area contributed by atoms with Crippen molar-refractivity contribution in [3.05, 3.63) is 64.9 Å². The summed E-state index contributed by atoms with van der Waals surface area (Å²) >= 11 is 0. The summed E-state index contributed by atoms with van der Waals surface area (Å²) in [5.74, 6) is 1.69. The zero-order chi connectivity index (χ0) is 21.3. The number of amides is 1. The second kappa shape index (κ2) is 8.22. The van der Waals surface area contributed by atoms with Gasteiger partial charge >= 0.3 is 0 Å². The quantitative estimate of drug-likeness (QED) is 0.818. The Morgan fingerprint density at radius 3 is 2.37 bits per heavy atom. The minimum atomic E-state index is -0.326. The number of benzene rings is 2. The van der Waals surface area contributed by atoms with Crippen LogP contribution in [0.2, 0.25) is 0 Å². The fourth-order valence-corrected chi connectivity index (χ4v) is 4.46. The molecule has 1 aliphatic heterocycles. The summed E-state index contributed by atoms with van der Waals surface area (Å²) < 4.78 is 16.2. The Hall–Kier alpha value is -3.28. The van der Waals surface area contributed by atoms with Crippen molar-refractivity contribution in [3.8, 4) is 17.2 Å². The first-order valence-corrected chi connectivity index (χ1v) is 9.96. The van der Waals surface area contributed by atoms with Crippen molar-refractivity contribution in [2.24, 2.45) is 0 Å². The van der Waals surface area contributed by atoms with Crippen LogP contribution in [-0.4, -0.2) is 33.0 Å². The summed E-state index contributed by atoms with van der Waals surface area (Å²) in [6, 6.07) is 13.3. The first-order chi connectivity index (χ1) is 14.5. The van der Waals surface area contributed by atoms with Crippen molar-refractivity contribution in [1.82, 2.24) is 5.32 Å². The molecule has 6 heteroatoms. The molecule has 2 aromatic rings. The van der Waals surface area contributed by atoms with Crippen LogP contribution in [0, 0.1) is 0 Å². The van der Waals surface area contributed by atoms with E-state index in [2.05, 4.69) is 5.32 Å². The van der Waals surface area contributed by atoms with Crippen LogP contribution in [0.1, 0.15) is 42.2 Å². The van der Waals surface area contributed by atoms with Gasteiger partial charge in [-0.15, -0.1) is 0 Å². The molecular weight excluding hydrogens is 382 g/mol. The lowest BCUT2D eigenvalue weighted by molar-refractivity contribution is -0.122. The molecule has 2 aromatic carbocycles. The molecule has 0 bridgehead atoms. The Kier molecular flexibility index (Phi) is 5.48. The molecule has 4 rings (SSSR count). The number of ketones is 1. The van der Waals surface area contributed by atoms with Crippen LogP contribution < -0.4 is 19.5 Å². The molecule has 1 aliphatic carbocycles. The van der Waals surface area contributed by atoms with E-state index in [0.717, 1.165) is 22.6 Å². The third kappa shape index (κ3) is 3.65. The molecule has 6 nitrogen and oxygen atoms in total. The molecule has 30 heavy (non-hydrogen) atoms. The van der Waals surface area contributed by atoms with Gasteiger partial charge in [-0.1, -0.05) is 18.2 Å². The number of rotatable bonds is 5. The van der Waals surface area contributed by atoms with Gasteiger partial charge < -0.3 is 19.5 Å². The molecule has 0 saturated heterocycles. The van der Waals surface area contributed by atoms with Gasteiger partial charge in [0.1, 0.15) is 17.2 Å². The van der Waals surface area contributed by atoms with Crippen LogP contribution in [0.4, 0.5) is 0 Å². The third-order valence-electron chi connectivity index (χ3n) is 5.92. The summed E-state index contributed by atoms with van der Waals surface area (Å²) in [6.45, 7) is 0. The lowest BCUT2D eigenvalue weighted by Gasteiger charge is -2.35. The van der Waals surface area contributed by atoms with E-state index >= 15 is 0 Å². The smallest absolute Gasteiger partial charge is 0.225 e. The molecule has 2 atom stereocenters. The monoisotopic (exact) mass is 407 g/mol. The van der Waals surface area contributed by atoms with Crippen molar-refractivity contribution >= 4 is 11.7 Å². The molecule has 0 radical (unpaired) electrons. The van der Waals surface area contributed by atoms with Crippen molar-refractivity contribution < 1.29 is 23.8 Å². The van der Waals surface area contributed by atoms with Crippen LogP contribution in [0.15, 0.2) is 53.7 Å². The van der Waals surface area contributed by atoms with Crippen LogP contribution >= 0.6 is 0 Å². The first-order valence-electron chi connectivity index (χ1n) is 9.96. The van der Waals surface area contributed by atoms with Crippen molar-refractivity contribution in [2.45, 2.75) is 31.1 Å². The SMILES string of the molecule is COc1cccc(C2CC(=O)C3=C(C2)NC(=O)CC3c2ccc(OC)cc2OC)c1. The molecule has 2 unspecified atom stereocenters. The summed E-state index contributed by atoms with van der Waals surface area (Å²) in [5, 5.41) is 2.96. The lowest BCUT2D eigenvalue weighted by Crippen LogP contribution is -2.38. The van der Waals surface area contributed by atoms with Crippen LogP contribution in [-0.2, 0) is 9.59 Å². The fourth-order valence-electron chi connectivity index (χ4n) is 4.46. The van der Waals surface area contributed by atoms with E-state index in [0.29, 0.717) is 29.9 Å². The highest BCUT2D eigenvalue weighted by atomic mass is 16.5. The zero-order valence-corrected chi connectivity index (χ0v) is 17.4. The van der Waals surface area contributed by atoms with E-state index < -0.39 is 0 Å². The Morgan fingerprint density at radius 2 is 1.63 bits per heavy atom. The molecule has 156 valence electrons. The number of Topliss-reactive ketones (excluding diaryl/α,β-unsaturated/α-hetero) is 1. The fraction of sp³-hybridized carbons (Fsp3) is 0.333. The van der Waals surface area contributed by atoms with E-state index in [1.54, 1.807) is 27.4 Å². The molecule has 0 saturated carbocycles. The molecule has 1 N–H and O–H groups in total. The number of carbonyl (C=O) groups is 2. The number of ether oxygens (including phenoxy) is 3. The molecule has 0 spiro atoms. The molecule has 0 fully saturated rings. The van der Waals surface area contributed by atoms with Gasteiger partial charge in [0.2, 0.25) is 5.91 Å². The lowest BCUT2D eigenvalue weighted by atomic mass is 9.73. The number of hydrogen-bond donors (Lipinski definition) is 1. The summed E-state index contributed by atoms with van der Waals surface area (Å²) in [6.07, 6.45) is 1.23. The Labute approximate surface area is 175 Å². The standard InChI is InChI=1S/C24H25NO5/c1-28-16-6-4-5-14(9-16)15-10-20-24(21(26)11-15)19(13-23(27)25-20)18-8-7-17(29-2)12-22(18)30-3/h4-9,12,15,19H,10-11,13H2,1-3H3,(H,25,27). The average Bonchev–Trinajstić information content (AvgIpc) is 2.77. The van der Waals surface area contributed by atoms with E-state index in [4.69, 9.17) is 14.2 Å². The molecule has 1 heterocycles. The number of carbonyl (C=O) groups excluding carboxylic acids is 2. The second-order valence-corrected chi connectivity index (χ2v) is 7.61. The minimum Gasteiger partial charge on any atom is -0.497 e. The number of methoxy groups -OCH3 is 3. The molecule has 0 aromatic heterocycles. The Bertz CT molecular complexity index is 1030. The van der Waals surface area contributed by atoms with Gasteiger partial charge in [-0.25, -0.2) is 0 Å². The molecule has 2 aliphatic rings. The number of nitrogens with one attached hydrogen (secondary N) is 1. The van der Waals surface area contributed by atoms with Gasteiger partial charge in [0.25, 0.3) is 0 Å². The highest BCUT2D eigenvalue weighted by Crippen LogP contribution is 2.45. The normalized spacial score (nSPS) is 21.0. The number of allylic oxidation sites excluding steroid dienone is 2. The van der Waals surface area contributed by atoms with Crippen molar-refractivity contribution in [2.75, 3.05) is 21.3 Å². The van der Waals surface area contributed by atoms with E-state index in [-0.39, 0.29) is 29.9 Å². The largest absolute Gasteiger partial charge is 0.497 e. The first kappa shape index (κ1) is 20.0. The van der Waals surface area contributed by atoms with Gasteiger partial charge in [0.15, 0.2) is 5.78 Å². The summed E-state index contributed by atoms with van der Waals surface area (Å²) in [4.78, 5) is 25.8. The maximum atomic E-state index is 13.3. The van der Waals surface area contributed by atoms with Gasteiger partial charge in [-0.3, -0.25) is 9.59 Å². The van der Waals surface area contributed by atoms with Crippen LogP contribution in [0.5, 0.6) is 17.2 Å². The number of hydrogen-bond acceptors (Lipinski definition) is 5. The van der Waals surface area contributed by atoms with E-state index in [9.17, 15) is 9.59 Å². The topological polar surface area (TPSA) is 73.9 Å². The van der Waals surface area contributed by atoms with Gasteiger partial charge in [-0.2, -0.15) is 0 Å². The van der Waals surface area contributed by atoms with Crippen LogP contribution in [0.25, 0.3) is 0 Å². The predicted octanol–water partition coefficient (Wildman–Crippen LogP) is 3.72. The highest BCUT2D eigenvalue weighted by molar-refractivity contribution is 6.02. The Morgan fingerprint density at radius 1 is 0.867 bits per heavy atom. The van der Waals surface area contributed by atoms with Crippen molar-refractivity contribution in [1.29, 1.82) is 0 Å². The van der Waals surface area contributed by atoms with Crippen LogP contribution in [0.3, 0.4) is 0 Å². The summed E-state index contributed by atoms with van der Waals surface area (Å²) in [5.41, 5.74) is 3.27. The third-order valence-corrected chi connectivity index (χ3v) is 5.92. The Balaban J connectivity index is 1.72. The maximum Gasteiger partial charge on any atom is 0.225 e. The average molecular weight is 407 g/mol. The predicted molar refractivity (Wildman–Crippen MR) is 112 cm³/mol.